The summed E-state index contributed by atoms with van der Waals surface area (Å²) in [6, 6.07) is 7.69. The first kappa shape index (κ1) is 15.5. The van der Waals surface area contributed by atoms with Gasteiger partial charge in [0.1, 0.15) is 5.60 Å². The van der Waals surface area contributed by atoms with Gasteiger partial charge in [-0.1, -0.05) is 24.3 Å². The third kappa shape index (κ3) is 6.79. The number of benzene rings is 1. The summed E-state index contributed by atoms with van der Waals surface area (Å²) in [7, 11) is 0. The highest BCUT2D eigenvalue weighted by molar-refractivity contribution is 5.66. The summed E-state index contributed by atoms with van der Waals surface area (Å²) in [4.78, 5) is 11.3. The van der Waals surface area contributed by atoms with Gasteiger partial charge in [0.15, 0.2) is 0 Å². The van der Waals surface area contributed by atoms with E-state index in [1.165, 1.54) is 0 Å². The SMILES string of the molecule is CC(C)(C)OC(=O)NNCCc1ccc(CO)cc1. The fourth-order valence-corrected chi connectivity index (χ4v) is 1.46. The summed E-state index contributed by atoms with van der Waals surface area (Å²) in [5.74, 6) is 0. The number of hydrazine groups is 1. The molecule has 5 heteroatoms. The average Bonchev–Trinajstić information content (AvgIpc) is 2.33. The van der Waals surface area contributed by atoms with Crippen molar-refractivity contribution < 1.29 is 14.6 Å². The fourth-order valence-electron chi connectivity index (χ4n) is 1.46. The summed E-state index contributed by atoms with van der Waals surface area (Å²) in [6.07, 6.45) is 0.296. The predicted molar refractivity (Wildman–Crippen MR) is 73.4 cm³/mol. The van der Waals surface area contributed by atoms with Crippen LogP contribution in [0.2, 0.25) is 0 Å². The Morgan fingerprint density at radius 1 is 1.21 bits per heavy atom. The van der Waals surface area contributed by atoms with Crippen molar-refractivity contribution in [3.8, 4) is 0 Å². The van der Waals surface area contributed by atoms with Gasteiger partial charge in [-0.25, -0.2) is 10.2 Å². The maximum atomic E-state index is 11.3. The lowest BCUT2D eigenvalue weighted by Crippen LogP contribution is -2.41. The Labute approximate surface area is 113 Å². The van der Waals surface area contributed by atoms with Crippen LogP contribution < -0.4 is 10.9 Å². The molecule has 0 radical (unpaired) electrons. The van der Waals surface area contributed by atoms with E-state index >= 15 is 0 Å². The van der Waals surface area contributed by atoms with Crippen LogP contribution in [0.4, 0.5) is 4.79 Å². The van der Waals surface area contributed by atoms with E-state index in [0.29, 0.717) is 6.54 Å². The summed E-state index contributed by atoms with van der Waals surface area (Å²) >= 11 is 0. The van der Waals surface area contributed by atoms with E-state index in [-0.39, 0.29) is 6.61 Å². The molecule has 0 bridgehead atoms. The van der Waals surface area contributed by atoms with E-state index < -0.39 is 11.7 Å². The highest BCUT2D eigenvalue weighted by atomic mass is 16.6. The van der Waals surface area contributed by atoms with Crippen molar-refractivity contribution in [3.05, 3.63) is 35.4 Å². The number of rotatable bonds is 5. The number of hydrogen-bond acceptors (Lipinski definition) is 4. The van der Waals surface area contributed by atoms with E-state index in [1.807, 2.05) is 45.0 Å². The highest BCUT2D eigenvalue weighted by Gasteiger charge is 2.15. The molecule has 0 unspecified atom stereocenters. The van der Waals surface area contributed by atoms with Gasteiger partial charge >= 0.3 is 6.09 Å². The molecule has 0 saturated carbocycles. The Balaban J connectivity index is 2.21. The van der Waals surface area contributed by atoms with Gasteiger partial charge in [0.2, 0.25) is 0 Å². The minimum atomic E-state index is -0.494. The maximum absolute atomic E-state index is 11.3. The van der Waals surface area contributed by atoms with Gasteiger partial charge in [-0.3, -0.25) is 5.43 Å². The molecule has 0 aliphatic heterocycles. The van der Waals surface area contributed by atoms with Gasteiger partial charge in [0, 0.05) is 6.54 Å². The summed E-state index contributed by atoms with van der Waals surface area (Å²) in [6.45, 7) is 6.11. The lowest BCUT2D eigenvalue weighted by Gasteiger charge is -2.19. The number of aliphatic hydroxyl groups is 1. The second-order valence-electron chi connectivity index (χ2n) is 5.28. The number of ether oxygens (including phenoxy) is 1. The molecule has 5 nitrogen and oxygen atoms in total. The second-order valence-corrected chi connectivity index (χ2v) is 5.28. The van der Waals surface area contributed by atoms with E-state index in [2.05, 4.69) is 10.9 Å². The molecule has 19 heavy (non-hydrogen) atoms. The van der Waals surface area contributed by atoms with Crippen LogP contribution >= 0.6 is 0 Å². The van der Waals surface area contributed by atoms with Crippen LogP contribution in [0.25, 0.3) is 0 Å². The summed E-state index contributed by atoms with van der Waals surface area (Å²) in [5, 5.41) is 8.92. The van der Waals surface area contributed by atoms with Gasteiger partial charge in [0.05, 0.1) is 6.61 Å². The van der Waals surface area contributed by atoms with E-state index in [4.69, 9.17) is 9.84 Å². The minimum Gasteiger partial charge on any atom is -0.443 e. The quantitative estimate of drug-likeness (QED) is 0.561. The molecular weight excluding hydrogens is 244 g/mol. The topological polar surface area (TPSA) is 70.6 Å². The molecule has 0 spiro atoms. The van der Waals surface area contributed by atoms with E-state index in [1.54, 1.807) is 0 Å². The zero-order chi connectivity index (χ0) is 14.3. The lowest BCUT2D eigenvalue weighted by atomic mass is 10.1. The standard InChI is InChI=1S/C14H22N2O3/c1-14(2,3)19-13(18)16-15-9-8-11-4-6-12(10-17)7-5-11/h4-7,15,17H,8-10H2,1-3H3,(H,16,18). The Kier molecular flexibility index (Phi) is 5.79. The first-order chi connectivity index (χ1) is 8.90. The molecule has 106 valence electrons. The van der Waals surface area contributed by atoms with E-state index in [9.17, 15) is 4.79 Å². The molecule has 0 heterocycles. The minimum absolute atomic E-state index is 0.0543. The van der Waals surface area contributed by atoms with Crippen molar-refractivity contribution in [1.29, 1.82) is 0 Å². The number of carbonyl (C=O) groups excluding carboxylic acids is 1. The van der Waals surface area contributed by atoms with Crippen LogP contribution in [0.5, 0.6) is 0 Å². The number of nitrogens with one attached hydrogen (secondary N) is 2. The van der Waals surface area contributed by atoms with Crippen LogP contribution in [0.15, 0.2) is 24.3 Å². The number of amides is 1. The van der Waals surface area contributed by atoms with Crippen LogP contribution in [0.1, 0.15) is 31.9 Å². The van der Waals surface area contributed by atoms with Crippen molar-refractivity contribution in [3.63, 3.8) is 0 Å². The third-order valence-corrected chi connectivity index (χ3v) is 2.33. The highest BCUT2D eigenvalue weighted by Crippen LogP contribution is 2.06. The molecule has 3 N–H and O–H groups in total. The molecule has 1 aromatic rings. The molecule has 0 atom stereocenters. The normalized spacial score (nSPS) is 11.2. The van der Waals surface area contributed by atoms with Crippen molar-refractivity contribution >= 4 is 6.09 Å². The smallest absolute Gasteiger partial charge is 0.422 e. The Morgan fingerprint density at radius 2 is 1.79 bits per heavy atom. The monoisotopic (exact) mass is 266 g/mol. The zero-order valence-electron chi connectivity index (χ0n) is 11.7. The zero-order valence-corrected chi connectivity index (χ0v) is 11.7. The van der Waals surface area contributed by atoms with E-state index in [0.717, 1.165) is 17.5 Å². The van der Waals surface area contributed by atoms with Crippen LogP contribution in [-0.2, 0) is 17.8 Å². The molecule has 0 saturated heterocycles. The fraction of sp³-hybridized carbons (Fsp3) is 0.500. The Morgan fingerprint density at radius 3 is 2.32 bits per heavy atom. The van der Waals surface area contributed by atoms with Crippen molar-refractivity contribution in [2.24, 2.45) is 0 Å². The first-order valence-corrected chi connectivity index (χ1v) is 6.31. The molecule has 1 aromatic carbocycles. The summed E-state index contributed by atoms with van der Waals surface area (Å²) in [5.41, 5.74) is 6.82. The number of carbonyl (C=O) groups is 1. The average molecular weight is 266 g/mol. The van der Waals surface area contributed by atoms with Crippen LogP contribution in [0, 0.1) is 0 Å². The van der Waals surface area contributed by atoms with Crippen molar-refractivity contribution in [2.45, 2.75) is 39.4 Å². The predicted octanol–water partition coefficient (Wildman–Crippen LogP) is 1.75. The third-order valence-electron chi connectivity index (χ3n) is 2.33. The van der Waals surface area contributed by atoms with Gasteiger partial charge in [-0.05, 0) is 38.3 Å². The Hall–Kier alpha value is -1.59. The molecule has 0 aliphatic rings. The molecule has 1 rings (SSSR count). The van der Waals surface area contributed by atoms with Gasteiger partial charge in [-0.15, -0.1) is 0 Å². The van der Waals surface area contributed by atoms with Gasteiger partial charge < -0.3 is 9.84 Å². The number of hydrogen-bond donors (Lipinski definition) is 3. The molecule has 0 aromatic heterocycles. The molecular formula is C14H22N2O3. The Bertz CT molecular complexity index is 396. The largest absolute Gasteiger partial charge is 0.443 e. The van der Waals surface area contributed by atoms with Crippen LogP contribution in [-0.4, -0.2) is 23.3 Å². The molecule has 1 amide bonds. The van der Waals surface area contributed by atoms with Crippen molar-refractivity contribution in [2.75, 3.05) is 6.54 Å². The maximum Gasteiger partial charge on any atom is 0.422 e. The second kappa shape index (κ2) is 7.11. The molecule has 0 fully saturated rings. The summed E-state index contributed by atoms with van der Waals surface area (Å²) < 4.78 is 5.08. The molecule has 0 aliphatic carbocycles. The van der Waals surface area contributed by atoms with Gasteiger partial charge in [0.25, 0.3) is 0 Å². The van der Waals surface area contributed by atoms with Crippen molar-refractivity contribution in [1.82, 2.24) is 10.9 Å². The number of aliphatic hydroxyl groups excluding tert-OH is 1. The lowest BCUT2D eigenvalue weighted by molar-refractivity contribution is 0.0499. The van der Waals surface area contributed by atoms with Gasteiger partial charge in [-0.2, -0.15) is 0 Å². The van der Waals surface area contributed by atoms with Crippen LogP contribution in [0.3, 0.4) is 0 Å². The first-order valence-electron chi connectivity index (χ1n) is 6.31.